The Labute approximate surface area is 213 Å². The van der Waals surface area contributed by atoms with Gasteiger partial charge in [0.1, 0.15) is 6.61 Å². The van der Waals surface area contributed by atoms with Gasteiger partial charge in [0.15, 0.2) is 0 Å². The Morgan fingerprint density at radius 2 is 1.69 bits per heavy atom. The van der Waals surface area contributed by atoms with E-state index in [1.54, 1.807) is 28.4 Å². The largest absolute Gasteiger partial charge is 0.448 e. The second-order valence-corrected chi connectivity index (χ2v) is 11.8. The number of rotatable bonds is 6. The third-order valence-corrected chi connectivity index (χ3v) is 9.41. The summed E-state index contributed by atoms with van der Waals surface area (Å²) in [5, 5.41) is 0.477. The molecule has 0 saturated carbocycles. The first kappa shape index (κ1) is 25.9. The van der Waals surface area contributed by atoms with Gasteiger partial charge in [-0.15, -0.1) is 0 Å². The number of piperidine rings is 2. The van der Waals surface area contributed by atoms with Crippen LogP contribution in [0.2, 0.25) is 5.02 Å². The van der Waals surface area contributed by atoms with Gasteiger partial charge in [0, 0.05) is 18.1 Å². The van der Waals surface area contributed by atoms with Crippen molar-refractivity contribution in [2.75, 3.05) is 33.8 Å². The summed E-state index contributed by atoms with van der Waals surface area (Å²) in [6.45, 7) is 1.90. The molecule has 2 aliphatic rings. The molecule has 1 amide bonds. The highest BCUT2D eigenvalue weighted by Gasteiger charge is 2.41. The van der Waals surface area contributed by atoms with E-state index in [9.17, 15) is 13.2 Å². The molecule has 0 spiro atoms. The first-order valence-corrected chi connectivity index (χ1v) is 14.0. The molecule has 2 aromatic carbocycles. The SMILES string of the molecule is CN1CCC(N(C)C(=O)OCC2CCC[C@@H](c3ccccc3)N2S(=O)(=O)c2ccc(Cl)cc2)CC1. The van der Waals surface area contributed by atoms with Gasteiger partial charge in [-0.25, -0.2) is 13.2 Å². The number of benzene rings is 2. The molecular weight excluding hydrogens is 486 g/mol. The van der Waals surface area contributed by atoms with Gasteiger partial charge >= 0.3 is 6.09 Å². The highest BCUT2D eigenvalue weighted by molar-refractivity contribution is 7.89. The molecule has 2 aliphatic heterocycles. The highest BCUT2D eigenvalue weighted by atomic mass is 35.5. The van der Waals surface area contributed by atoms with Crippen molar-refractivity contribution in [1.29, 1.82) is 0 Å². The summed E-state index contributed by atoms with van der Waals surface area (Å²) >= 11 is 6.01. The molecule has 0 bridgehead atoms. The summed E-state index contributed by atoms with van der Waals surface area (Å²) in [5.74, 6) is 0. The zero-order valence-electron chi connectivity index (χ0n) is 20.3. The maximum absolute atomic E-state index is 13.9. The van der Waals surface area contributed by atoms with E-state index in [1.807, 2.05) is 30.3 Å². The topological polar surface area (TPSA) is 70.2 Å². The number of carbonyl (C=O) groups excluding carboxylic acids is 1. The van der Waals surface area contributed by atoms with Crippen LogP contribution in [-0.4, -0.2) is 74.5 Å². The standard InChI is InChI=1S/C26H34ClN3O4S/c1-28-17-15-22(16-18-28)29(2)26(31)34-19-23-9-6-10-25(20-7-4-3-5-8-20)30(23)35(32,33)24-13-11-21(27)12-14-24/h3-5,7-8,11-14,22-23,25H,6,9-10,15-19H2,1-2H3/t23?,25-/m0/s1. The van der Waals surface area contributed by atoms with Crippen LogP contribution in [0, 0.1) is 0 Å². The minimum absolute atomic E-state index is 0.0198. The summed E-state index contributed by atoms with van der Waals surface area (Å²) in [5.41, 5.74) is 0.935. The van der Waals surface area contributed by atoms with Crippen molar-refractivity contribution in [2.45, 2.75) is 55.1 Å². The molecule has 1 unspecified atom stereocenters. The third kappa shape index (κ3) is 6.00. The Morgan fingerprint density at radius 1 is 1.03 bits per heavy atom. The monoisotopic (exact) mass is 519 g/mol. The lowest BCUT2D eigenvalue weighted by atomic mass is 9.93. The van der Waals surface area contributed by atoms with Crippen LogP contribution < -0.4 is 0 Å². The average Bonchev–Trinajstić information content (AvgIpc) is 2.87. The molecule has 2 aromatic rings. The van der Waals surface area contributed by atoms with Crippen LogP contribution in [0.4, 0.5) is 4.79 Å². The van der Waals surface area contributed by atoms with E-state index in [1.165, 1.54) is 12.1 Å². The van der Waals surface area contributed by atoms with Crippen molar-refractivity contribution >= 4 is 27.7 Å². The zero-order chi connectivity index (χ0) is 25.0. The van der Waals surface area contributed by atoms with Gasteiger partial charge in [-0.2, -0.15) is 4.31 Å². The second-order valence-electron chi connectivity index (χ2n) is 9.52. The fraction of sp³-hybridized carbons (Fsp3) is 0.500. The molecule has 190 valence electrons. The molecule has 0 N–H and O–H groups in total. The van der Waals surface area contributed by atoms with Gasteiger partial charge in [0.2, 0.25) is 10.0 Å². The van der Waals surface area contributed by atoms with E-state index in [-0.39, 0.29) is 23.6 Å². The molecule has 2 fully saturated rings. The fourth-order valence-electron chi connectivity index (χ4n) is 5.09. The van der Waals surface area contributed by atoms with Crippen molar-refractivity contribution in [1.82, 2.24) is 14.1 Å². The van der Waals surface area contributed by atoms with Gasteiger partial charge in [-0.05, 0) is 82.1 Å². The maximum Gasteiger partial charge on any atom is 0.409 e. The van der Waals surface area contributed by atoms with Crippen LogP contribution in [0.3, 0.4) is 0 Å². The van der Waals surface area contributed by atoms with E-state index in [2.05, 4.69) is 11.9 Å². The van der Waals surface area contributed by atoms with Crippen LogP contribution in [0.5, 0.6) is 0 Å². The molecule has 9 heteroatoms. The number of carbonyl (C=O) groups is 1. The second kappa shape index (κ2) is 11.3. The molecule has 7 nitrogen and oxygen atoms in total. The van der Waals surface area contributed by atoms with Crippen molar-refractivity contribution in [3.05, 3.63) is 65.2 Å². The summed E-state index contributed by atoms with van der Waals surface area (Å²) in [4.78, 5) is 17.0. The van der Waals surface area contributed by atoms with Crippen LogP contribution >= 0.6 is 11.6 Å². The Balaban J connectivity index is 1.55. The summed E-state index contributed by atoms with van der Waals surface area (Å²) < 4.78 is 35.0. The lowest BCUT2D eigenvalue weighted by Gasteiger charge is -2.41. The smallest absolute Gasteiger partial charge is 0.409 e. The van der Waals surface area contributed by atoms with E-state index < -0.39 is 22.2 Å². The number of amides is 1. The summed E-state index contributed by atoms with van der Waals surface area (Å²) in [7, 11) is -0.00392. The number of hydrogen-bond donors (Lipinski definition) is 0. The fourth-order valence-corrected chi connectivity index (χ4v) is 7.06. The summed E-state index contributed by atoms with van der Waals surface area (Å²) in [6, 6.07) is 15.3. The Bertz CT molecular complexity index is 1090. The highest BCUT2D eigenvalue weighted by Crippen LogP contribution is 2.39. The van der Waals surface area contributed by atoms with Gasteiger partial charge in [-0.3, -0.25) is 0 Å². The van der Waals surface area contributed by atoms with Crippen LogP contribution in [-0.2, 0) is 14.8 Å². The molecule has 35 heavy (non-hydrogen) atoms. The predicted molar refractivity (Wildman–Crippen MR) is 137 cm³/mol. The molecular formula is C26H34ClN3O4S. The third-order valence-electron chi connectivity index (χ3n) is 7.18. The van der Waals surface area contributed by atoms with E-state index in [0.29, 0.717) is 17.9 Å². The normalized spacial score (nSPS) is 22.6. The van der Waals surface area contributed by atoms with Crippen LogP contribution in [0.15, 0.2) is 59.5 Å². The first-order valence-electron chi connectivity index (χ1n) is 12.2. The average molecular weight is 520 g/mol. The number of halogens is 1. The minimum Gasteiger partial charge on any atom is -0.448 e. The molecule has 0 radical (unpaired) electrons. The number of ether oxygens (including phenoxy) is 1. The molecule has 2 heterocycles. The molecule has 4 rings (SSSR count). The lowest BCUT2D eigenvalue weighted by molar-refractivity contribution is 0.0511. The van der Waals surface area contributed by atoms with Gasteiger partial charge < -0.3 is 14.5 Å². The molecule has 2 atom stereocenters. The first-order chi connectivity index (χ1) is 16.8. The molecule has 0 aliphatic carbocycles. The zero-order valence-corrected chi connectivity index (χ0v) is 21.9. The van der Waals surface area contributed by atoms with Crippen molar-refractivity contribution in [2.24, 2.45) is 0 Å². The van der Waals surface area contributed by atoms with E-state index >= 15 is 0 Å². The van der Waals surface area contributed by atoms with Gasteiger partial charge in [0.05, 0.1) is 17.0 Å². The Kier molecular flexibility index (Phi) is 8.37. The molecule has 0 aromatic heterocycles. The van der Waals surface area contributed by atoms with Gasteiger partial charge in [-0.1, -0.05) is 41.9 Å². The Morgan fingerprint density at radius 3 is 2.34 bits per heavy atom. The predicted octanol–water partition coefficient (Wildman–Crippen LogP) is 4.79. The van der Waals surface area contributed by atoms with Crippen molar-refractivity contribution < 1.29 is 17.9 Å². The quantitative estimate of drug-likeness (QED) is 0.549. The van der Waals surface area contributed by atoms with E-state index in [0.717, 1.165) is 37.9 Å². The number of sulfonamides is 1. The Hall–Kier alpha value is -2.13. The number of hydrogen-bond acceptors (Lipinski definition) is 5. The molecule has 2 saturated heterocycles. The van der Waals surface area contributed by atoms with E-state index in [4.69, 9.17) is 16.3 Å². The lowest BCUT2D eigenvalue weighted by Crippen LogP contribution is -2.49. The van der Waals surface area contributed by atoms with Crippen LogP contribution in [0.1, 0.15) is 43.7 Å². The van der Waals surface area contributed by atoms with Crippen molar-refractivity contribution in [3.63, 3.8) is 0 Å². The van der Waals surface area contributed by atoms with Gasteiger partial charge in [0.25, 0.3) is 0 Å². The number of nitrogens with zero attached hydrogens (tertiary/aromatic N) is 3. The van der Waals surface area contributed by atoms with Crippen LogP contribution in [0.25, 0.3) is 0 Å². The van der Waals surface area contributed by atoms with Crippen molar-refractivity contribution in [3.8, 4) is 0 Å². The maximum atomic E-state index is 13.9. The summed E-state index contributed by atoms with van der Waals surface area (Å²) in [6.07, 6.45) is 3.58. The number of likely N-dealkylation sites (tertiary alicyclic amines) is 1. The minimum atomic E-state index is -3.86.